The van der Waals surface area contributed by atoms with E-state index in [1.807, 2.05) is 30.3 Å². The smallest absolute Gasteiger partial charge is 0.234 e. The Bertz CT molecular complexity index is 662. The second kappa shape index (κ2) is 12.3. The summed E-state index contributed by atoms with van der Waals surface area (Å²) in [6.45, 7) is 4.67. The second-order valence-corrected chi connectivity index (χ2v) is 5.87. The lowest BCUT2D eigenvalue weighted by Gasteiger charge is -2.09. The minimum absolute atomic E-state index is 0. The lowest BCUT2D eigenvalue weighted by atomic mass is 10.1. The van der Waals surface area contributed by atoms with Crippen LogP contribution in [0.5, 0.6) is 5.75 Å². The molecule has 0 unspecified atom stereocenters. The highest BCUT2D eigenvalue weighted by Gasteiger charge is 2.02. The van der Waals surface area contributed by atoms with Crippen LogP contribution in [-0.2, 0) is 22.7 Å². The molecule has 2 aromatic rings. The molecule has 142 valence electrons. The van der Waals surface area contributed by atoms with Gasteiger partial charge in [0.2, 0.25) is 5.91 Å². The van der Waals surface area contributed by atoms with E-state index >= 15 is 0 Å². The van der Waals surface area contributed by atoms with E-state index in [1.165, 1.54) is 5.56 Å². The molecular weight excluding hydrogens is 352 g/mol. The number of hydrogen-bond donors (Lipinski definition) is 2. The van der Waals surface area contributed by atoms with E-state index in [0.717, 1.165) is 16.9 Å². The molecule has 0 aliphatic rings. The molecule has 0 spiro atoms. The van der Waals surface area contributed by atoms with E-state index in [-0.39, 0.29) is 18.3 Å². The molecule has 0 aliphatic heterocycles. The first-order valence-corrected chi connectivity index (χ1v) is 8.41. The maximum Gasteiger partial charge on any atom is 0.234 e. The molecule has 0 heterocycles. The number of rotatable bonds is 10. The van der Waals surface area contributed by atoms with Crippen molar-refractivity contribution in [1.29, 1.82) is 0 Å². The molecule has 0 saturated carbocycles. The fourth-order valence-corrected chi connectivity index (χ4v) is 2.31. The lowest BCUT2D eigenvalue weighted by Crippen LogP contribution is -2.34. The normalized spacial score (nSPS) is 10.1. The van der Waals surface area contributed by atoms with E-state index in [4.69, 9.17) is 9.47 Å². The van der Waals surface area contributed by atoms with Gasteiger partial charge in [0.25, 0.3) is 0 Å². The van der Waals surface area contributed by atoms with Crippen molar-refractivity contribution in [3.63, 3.8) is 0 Å². The van der Waals surface area contributed by atoms with E-state index in [0.29, 0.717) is 32.8 Å². The molecule has 0 aliphatic carbocycles. The van der Waals surface area contributed by atoms with E-state index in [1.54, 1.807) is 7.11 Å². The fourth-order valence-electron chi connectivity index (χ4n) is 2.31. The van der Waals surface area contributed by atoms with Crippen molar-refractivity contribution in [2.24, 2.45) is 0 Å². The summed E-state index contributed by atoms with van der Waals surface area (Å²) < 4.78 is 10.7. The quantitative estimate of drug-likeness (QED) is 0.624. The van der Waals surface area contributed by atoms with Crippen LogP contribution < -0.4 is 15.4 Å². The predicted octanol–water partition coefficient (Wildman–Crippen LogP) is 2.85. The van der Waals surface area contributed by atoms with Crippen LogP contribution >= 0.6 is 12.4 Å². The summed E-state index contributed by atoms with van der Waals surface area (Å²) in [4.78, 5) is 11.7. The van der Waals surface area contributed by atoms with Crippen LogP contribution in [0.4, 0.5) is 0 Å². The van der Waals surface area contributed by atoms with Crippen LogP contribution in [0, 0.1) is 6.92 Å². The highest BCUT2D eigenvalue weighted by Crippen LogP contribution is 2.14. The molecule has 0 saturated heterocycles. The van der Waals surface area contributed by atoms with Crippen LogP contribution in [0.15, 0.2) is 48.5 Å². The van der Waals surface area contributed by atoms with Crippen LogP contribution in [-0.4, -0.2) is 32.7 Å². The van der Waals surface area contributed by atoms with Crippen molar-refractivity contribution >= 4 is 18.3 Å². The van der Waals surface area contributed by atoms with Gasteiger partial charge in [0, 0.05) is 20.2 Å². The Morgan fingerprint density at radius 1 is 1.08 bits per heavy atom. The summed E-state index contributed by atoms with van der Waals surface area (Å²) in [5, 5.41) is 5.89. The van der Waals surface area contributed by atoms with Gasteiger partial charge in [0.15, 0.2) is 0 Å². The number of amides is 1. The van der Waals surface area contributed by atoms with Gasteiger partial charge in [-0.2, -0.15) is 0 Å². The number of carbonyl (C=O) groups is 1. The Labute approximate surface area is 161 Å². The average molecular weight is 379 g/mol. The lowest BCUT2D eigenvalue weighted by molar-refractivity contribution is -0.120. The Kier molecular flexibility index (Phi) is 10.4. The molecule has 2 aromatic carbocycles. The predicted molar refractivity (Wildman–Crippen MR) is 106 cm³/mol. The molecule has 2 N–H and O–H groups in total. The van der Waals surface area contributed by atoms with Crippen molar-refractivity contribution in [3.8, 4) is 5.75 Å². The van der Waals surface area contributed by atoms with Crippen LogP contribution in [0.3, 0.4) is 0 Å². The highest BCUT2D eigenvalue weighted by atomic mass is 35.5. The molecule has 0 fully saturated rings. The summed E-state index contributed by atoms with van der Waals surface area (Å²) >= 11 is 0. The second-order valence-electron chi connectivity index (χ2n) is 5.87. The van der Waals surface area contributed by atoms with E-state index in [9.17, 15) is 4.79 Å². The number of methoxy groups -OCH3 is 1. The zero-order chi connectivity index (χ0) is 17.9. The zero-order valence-corrected chi connectivity index (χ0v) is 16.1. The molecule has 0 bridgehead atoms. The Morgan fingerprint density at radius 3 is 2.54 bits per heavy atom. The number of aryl methyl sites for hydroxylation is 1. The standard InChI is InChI=1S/C20H26N2O3.ClH/c1-16-4-3-5-18(12-16)15-25-19-8-6-17(7-9-19)13-22-20(23)14-21-10-11-24-2;/h3-9,12,21H,10-11,13-15H2,1-2H3,(H,22,23);1H. The summed E-state index contributed by atoms with van der Waals surface area (Å²) in [5.74, 6) is 0.786. The molecule has 5 nitrogen and oxygen atoms in total. The monoisotopic (exact) mass is 378 g/mol. The molecule has 0 radical (unpaired) electrons. The third kappa shape index (κ3) is 8.34. The van der Waals surface area contributed by atoms with Crippen LogP contribution in [0.1, 0.15) is 16.7 Å². The fraction of sp³-hybridized carbons (Fsp3) is 0.350. The van der Waals surface area contributed by atoms with Gasteiger partial charge < -0.3 is 20.1 Å². The van der Waals surface area contributed by atoms with Gasteiger partial charge in [0.05, 0.1) is 13.2 Å². The third-order valence-corrected chi connectivity index (χ3v) is 3.67. The van der Waals surface area contributed by atoms with Gasteiger partial charge in [0.1, 0.15) is 12.4 Å². The molecule has 1 amide bonds. The van der Waals surface area contributed by atoms with Gasteiger partial charge in [-0.15, -0.1) is 12.4 Å². The maximum atomic E-state index is 11.7. The number of halogens is 1. The summed E-state index contributed by atoms with van der Waals surface area (Å²) in [5.41, 5.74) is 3.41. The minimum atomic E-state index is -0.0316. The first-order valence-electron chi connectivity index (χ1n) is 8.41. The number of ether oxygens (including phenoxy) is 2. The molecule has 2 rings (SSSR count). The Balaban J connectivity index is 0.00000338. The maximum absolute atomic E-state index is 11.7. The van der Waals surface area contributed by atoms with Crippen molar-refractivity contribution in [1.82, 2.24) is 10.6 Å². The van der Waals surface area contributed by atoms with Gasteiger partial charge in [-0.25, -0.2) is 0 Å². The molecule has 0 atom stereocenters. The highest BCUT2D eigenvalue weighted by molar-refractivity contribution is 5.85. The van der Waals surface area contributed by atoms with E-state index < -0.39 is 0 Å². The van der Waals surface area contributed by atoms with Crippen molar-refractivity contribution in [2.45, 2.75) is 20.1 Å². The minimum Gasteiger partial charge on any atom is -0.489 e. The number of hydrogen-bond acceptors (Lipinski definition) is 4. The van der Waals surface area contributed by atoms with Crippen LogP contribution in [0.2, 0.25) is 0 Å². The molecule has 6 heteroatoms. The first kappa shape index (κ1) is 22.0. The Morgan fingerprint density at radius 2 is 1.85 bits per heavy atom. The van der Waals surface area contributed by atoms with Crippen LogP contribution in [0.25, 0.3) is 0 Å². The van der Waals surface area contributed by atoms with Gasteiger partial charge >= 0.3 is 0 Å². The van der Waals surface area contributed by atoms with Gasteiger partial charge in [-0.3, -0.25) is 4.79 Å². The Hall–Kier alpha value is -2.08. The van der Waals surface area contributed by atoms with Gasteiger partial charge in [-0.1, -0.05) is 42.0 Å². The molecule has 26 heavy (non-hydrogen) atoms. The SMILES string of the molecule is COCCNCC(=O)NCc1ccc(OCc2cccc(C)c2)cc1.Cl. The molecule has 0 aromatic heterocycles. The third-order valence-electron chi connectivity index (χ3n) is 3.67. The number of benzene rings is 2. The average Bonchev–Trinajstić information content (AvgIpc) is 2.63. The summed E-state index contributed by atoms with van der Waals surface area (Å²) in [7, 11) is 1.63. The summed E-state index contributed by atoms with van der Waals surface area (Å²) in [6.07, 6.45) is 0. The topological polar surface area (TPSA) is 59.6 Å². The zero-order valence-electron chi connectivity index (χ0n) is 15.3. The molecular formula is C20H27ClN2O3. The van der Waals surface area contributed by atoms with Crippen molar-refractivity contribution < 1.29 is 14.3 Å². The van der Waals surface area contributed by atoms with Crippen molar-refractivity contribution in [3.05, 3.63) is 65.2 Å². The largest absolute Gasteiger partial charge is 0.489 e. The van der Waals surface area contributed by atoms with E-state index in [2.05, 4.69) is 35.8 Å². The number of nitrogens with one attached hydrogen (secondary N) is 2. The number of carbonyl (C=O) groups excluding carboxylic acids is 1. The summed E-state index contributed by atoms with van der Waals surface area (Å²) in [6, 6.07) is 16.0. The van der Waals surface area contributed by atoms with Crippen molar-refractivity contribution in [2.75, 3.05) is 26.8 Å². The van der Waals surface area contributed by atoms with Gasteiger partial charge in [-0.05, 0) is 30.2 Å². The first-order chi connectivity index (χ1) is 12.2.